The Balaban J connectivity index is 0.000000115. The molecule has 27 rings (SSSR count). The predicted octanol–water partition coefficient (Wildman–Crippen LogP) is 40.7. The molecule has 3 nitrogen and oxygen atoms in total. The second-order valence-electron chi connectivity index (χ2n) is 37.9. The minimum Gasteiger partial charge on any atom is -0.355 e. The highest BCUT2D eigenvalue weighted by Crippen LogP contribution is 2.49. The maximum absolute atomic E-state index is 3.89. The van der Waals surface area contributed by atoms with Gasteiger partial charge in [0, 0.05) is 50.8 Å². The molecule has 3 N–H and O–H groups in total. The highest BCUT2D eigenvalue weighted by Gasteiger charge is 2.22. The standard InChI is InChI=1S/3C48H33N/c1-4-15-33(16-5-1)37-29-38(34-17-6-2-7-18-34)31-39(30-37)49-47-26-14-25-40(48(47)35-19-8-3-9-20-35)36-27-28-45-43-23-11-10-21-41(43)42-22-12-13-24-44(42)46(45)32-36;1-4-14-33(15-5-1)38-28-39(34-16-6-2-7-17-34)30-40(29-38)49-48-32-37(24-26-41(48)35-18-8-3-9-19-35)36-25-27-46-44-22-11-10-20-42(44)43-21-12-13-23-45(43)47(46)31-36;1-4-14-33(15-5-1)38-28-39(34-16-6-2-7-17-34)30-40(29-38)49-48-27-25-37(31-46(48)35-18-8-3-9-19-35)36-24-26-45-43-22-11-10-20-41(43)42-21-12-13-23-44(42)47(45)32-36/h3*1-32,49H. The van der Waals surface area contributed by atoms with E-state index in [-0.39, 0.29) is 0 Å². The van der Waals surface area contributed by atoms with Gasteiger partial charge in [0.1, 0.15) is 0 Å². The molecule has 147 heavy (non-hydrogen) atoms. The zero-order valence-corrected chi connectivity index (χ0v) is 80.9. The Kier molecular flexibility index (Phi) is 24.2. The van der Waals surface area contributed by atoms with Crippen LogP contribution in [0, 0.1) is 0 Å². The summed E-state index contributed by atoms with van der Waals surface area (Å²) in [5.41, 5.74) is 34.7. The molecule has 0 saturated carbocycles. The van der Waals surface area contributed by atoms with E-state index in [0.29, 0.717) is 0 Å². The monoisotopic (exact) mass is 1870 g/mol. The summed E-state index contributed by atoms with van der Waals surface area (Å²) < 4.78 is 0. The van der Waals surface area contributed by atoms with Gasteiger partial charge in [0.15, 0.2) is 0 Å². The third kappa shape index (κ3) is 18.1. The quantitative estimate of drug-likeness (QED) is 0.0750. The molecule has 0 radical (unpaired) electrons. The van der Waals surface area contributed by atoms with Crippen molar-refractivity contribution in [3.05, 3.63) is 582 Å². The van der Waals surface area contributed by atoms with Crippen molar-refractivity contribution in [2.75, 3.05) is 16.0 Å². The van der Waals surface area contributed by atoms with Crippen LogP contribution < -0.4 is 16.0 Å². The Bertz CT molecular complexity index is 9170. The van der Waals surface area contributed by atoms with Crippen LogP contribution in [0.5, 0.6) is 0 Å². The molecule has 0 unspecified atom stereocenters. The number of fused-ring (bicyclic) bond motifs is 18. The number of nitrogens with one attached hydrogen (secondary N) is 3. The van der Waals surface area contributed by atoms with Crippen LogP contribution in [0.1, 0.15) is 0 Å². The molecule has 0 aromatic heterocycles. The van der Waals surface area contributed by atoms with Gasteiger partial charge in [-0.3, -0.25) is 0 Å². The lowest BCUT2D eigenvalue weighted by molar-refractivity contribution is 1.51. The smallest absolute Gasteiger partial charge is 0.0470 e. The summed E-state index contributed by atoms with van der Waals surface area (Å²) in [5, 5.41) is 34.8. The third-order valence-corrected chi connectivity index (χ3v) is 28.8. The van der Waals surface area contributed by atoms with Crippen LogP contribution in [0.15, 0.2) is 582 Å². The molecule has 690 valence electrons. The van der Waals surface area contributed by atoms with Gasteiger partial charge < -0.3 is 16.0 Å². The van der Waals surface area contributed by atoms with Gasteiger partial charge in [-0.15, -0.1) is 0 Å². The first-order valence-electron chi connectivity index (χ1n) is 50.5. The first kappa shape index (κ1) is 89.1. The van der Waals surface area contributed by atoms with E-state index in [4.69, 9.17) is 0 Å². The van der Waals surface area contributed by atoms with Crippen molar-refractivity contribution in [1.29, 1.82) is 0 Å². The molecule has 0 fully saturated rings. The molecule has 0 aliphatic heterocycles. The van der Waals surface area contributed by atoms with Crippen LogP contribution in [-0.2, 0) is 0 Å². The summed E-state index contributed by atoms with van der Waals surface area (Å²) in [4.78, 5) is 0. The normalized spacial score (nSPS) is 11.3. The summed E-state index contributed by atoms with van der Waals surface area (Å²) in [6.45, 7) is 0. The Morgan fingerprint density at radius 2 is 0.313 bits per heavy atom. The van der Waals surface area contributed by atoms with E-state index in [2.05, 4.69) is 598 Å². The fourth-order valence-electron chi connectivity index (χ4n) is 21.8. The summed E-state index contributed by atoms with van der Waals surface area (Å²) in [7, 11) is 0. The molecular formula is C144H99N3. The van der Waals surface area contributed by atoms with Crippen molar-refractivity contribution in [1.82, 2.24) is 0 Å². The second-order valence-corrected chi connectivity index (χ2v) is 37.9. The van der Waals surface area contributed by atoms with Crippen molar-refractivity contribution in [3.8, 4) is 134 Å². The van der Waals surface area contributed by atoms with Crippen molar-refractivity contribution in [2.24, 2.45) is 0 Å². The first-order chi connectivity index (χ1) is 72.9. The number of anilines is 6. The summed E-state index contributed by atoms with van der Waals surface area (Å²) in [6.07, 6.45) is 0. The second kappa shape index (κ2) is 40.0. The van der Waals surface area contributed by atoms with Gasteiger partial charge in [-0.1, -0.05) is 485 Å². The molecule has 0 heterocycles. The zero-order chi connectivity index (χ0) is 97.7. The minimum atomic E-state index is 1.05. The first-order valence-corrected chi connectivity index (χ1v) is 50.5. The van der Waals surface area contributed by atoms with Gasteiger partial charge >= 0.3 is 0 Å². The Labute approximate surface area is 856 Å². The fraction of sp³-hybridized carbons (Fsp3) is 0. The van der Waals surface area contributed by atoms with Gasteiger partial charge in [-0.05, 0) is 311 Å². The van der Waals surface area contributed by atoms with E-state index in [1.165, 1.54) is 219 Å². The van der Waals surface area contributed by atoms with Gasteiger partial charge in [0.25, 0.3) is 0 Å². The van der Waals surface area contributed by atoms with E-state index < -0.39 is 0 Å². The van der Waals surface area contributed by atoms with Crippen LogP contribution in [-0.4, -0.2) is 0 Å². The molecule has 27 aromatic carbocycles. The van der Waals surface area contributed by atoms with Crippen molar-refractivity contribution >= 4 is 131 Å². The average Bonchev–Trinajstić information content (AvgIpc) is 0.747. The summed E-state index contributed by atoms with van der Waals surface area (Å²) in [6, 6.07) is 210. The summed E-state index contributed by atoms with van der Waals surface area (Å²) >= 11 is 0. The van der Waals surface area contributed by atoms with Gasteiger partial charge in [0.2, 0.25) is 0 Å². The minimum absolute atomic E-state index is 1.05. The highest BCUT2D eigenvalue weighted by atomic mass is 14.9. The molecule has 0 atom stereocenters. The molecular weight excluding hydrogens is 1770 g/mol. The van der Waals surface area contributed by atoms with Gasteiger partial charge in [-0.2, -0.15) is 0 Å². The van der Waals surface area contributed by atoms with Crippen molar-refractivity contribution < 1.29 is 0 Å². The Morgan fingerprint density at radius 1 is 0.0884 bits per heavy atom. The van der Waals surface area contributed by atoms with Gasteiger partial charge in [-0.25, -0.2) is 0 Å². The van der Waals surface area contributed by atoms with Crippen LogP contribution in [0.2, 0.25) is 0 Å². The molecule has 3 heteroatoms. The lowest BCUT2D eigenvalue weighted by Gasteiger charge is -2.19. The SMILES string of the molecule is c1ccc(-c2cc(Nc3cc(-c4ccc5c6ccccc6c6ccccc6c5c4)ccc3-c3ccccc3)cc(-c3ccccc3)c2)cc1.c1ccc(-c2cc(Nc3ccc(-c4ccc5c6ccccc6c6ccccc6c5c4)cc3-c3ccccc3)cc(-c3ccccc3)c2)cc1.c1ccc(-c2cc(Nc3cccc(-c4ccc5c6ccccc6c6ccccc6c5c4)c3-c3ccccc3)cc(-c3ccccc3)c2)cc1. The van der Waals surface area contributed by atoms with Gasteiger partial charge in [0.05, 0.1) is 0 Å². The van der Waals surface area contributed by atoms with Crippen molar-refractivity contribution in [3.63, 3.8) is 0 Å². The maximum Gasteiger partial charge on any atom is 0.0470 e. The largest absolute Gasteiger partial charge is 0.355 e. The van der Waals surface area contributed by atoms with Crippen molar-refractivity contribution in [2.45, 2.75) is 0 Å². The third-order valence-electron chi connectivity index (χ3n) is 28.8. The Hall–Kier alpha value is -19.3. The van der Waals surface area contributed by atoms with Crippen LogP contribution >= 0.6 is 0 Å². The van der Waals surface area contributed by atoms with E-state index in [1.54, 1.807) is 0 Å². The maximum atomic E-state index is 3.89. The highest BCUT2D eigenvalue weighted by molar-refractivity contribution is 6.29. The lowest BCUT2D eigenvalue weighted by Crippen LogP contribution is -1.97. The molecule has 0 saturated heterocycles. The number of benzene rings is 27. The van der Waals surface area contributed by atoms with E-state index in [9.17, 15) is 0 Å². The number of hydrogen-bond donors (Lipinski definition) is 3. The topological polar surface area (TPSA) is 36.1 Å². The lowest BCUT2D eigenvalue weighted by atomic mass is 9.89. The van der Waals surface area contributed by atoms with Crippen LogP contribution in [0.3, 0.4) is 0 Å². The zero-order valence-electron chi connectivity index (χ0n) is 80.9. The average molecular weight is 1870 g/mol. The molecule has 0 amide bonds. The van der Waals surface area contributed by atoms with E-state index in [0.717, 1.165) is 45.3 Å². The van der Waals surface area contributed by atoms with E-state index >= 15 is 0 Å². The molecule has 0 spiro atoms. The van der Waals surface area contributed by atoms with Crippen LogP contribution in [0.4, 0.5) is 34.1 Å². The molecule has 0 aliphatic rings. The molecule has 0 bridgehead atoms. The summed E-state index contributed by atoms with van der Waals surface area (Å²) in [5.74, 6) is 0. The van der Waals surface area contributed by atoms with E-state index in [1.807, 2.05) is 0 Å². The fourth-order valence-corrected chi connectivity index (χ4v) is 21.8. The Morgan fingerprint density at radius 3 is 0.633 bits per heavy atom. The number of hydrogen-bond acceptors (Lipinski definition) is 3. The predicted molar refractivity (Wildman–Crippen MR) is 631 cm³/mol. The molecule has 27 aromatic rings. The molecule has 0 aliphatic carbocycles. The van der Waals surface area contributed by atoms with Crippen LogP contribution in [0.25, 0.3) is 230 Å². The number of rotatable bonds is 18.